The summed E-state index contributed by atoms with van der Waals surface area (Å²) in [4.78, 5) is 13.4. The van der Waals surface area contributed by atoms with Crippen molar-refractivity contribution in [3.05, 3.63) is 54.0 Å². The van der Waals surface area contributed by atoms with E-state index in [-0.39, 0.29) is 17.2 Å². The lowest BCUT2D eigenvalue weighted by Gasteiger charge is -2.17. The second-order valence-electron chi connectivity index (χ2n) is 5.60. The van der Waals surface area contributed by atoms with E-state index in [2.05, 4.69) is 36.5 Å². The molecule has 1 heterocycles. The van der Waals surface area contributed by atoms with Gasteiger partial charge < -0.3 is 9.73 Å². The second kappa shape index (κ2) is 8.08. The largest absolute Gasteiger partial charge is 0.469 e. The van der Waals surface area contributed by atoms with E-state index in [1.54, 1.807) is 18.0 Å². The van der Waals surface area contributed by atoms with Gasteiger partial charge in [-0.3, -0.25) is 4.79 Å². The van der Waals surface area contributed by atoms with Gasteiger partial charge in [-0.05, 0) is 51.5 Å². The van der Waals surface area contributed by atoms with Gasteiger partial charge in [-0.1, -0.05) is 17.7 Å². The zero-order valence-electron chi connectivity index (χ0n) is 13.3. The summed E-state index contributed by atoms with van der Waals surface area (Å²) < 4.78 is 5.31. The van der Waals surface area contributed by atoms with Gasteiger partial charge in [0.25, 0.3) is 0 Å². The molecule has 2 aromatic rings. The highest BCUT2D eigenvalue weighted by Gasteiger charge is 2.16. The molecule has 2 unspecified atom stereocenters. The van der Waals surface area contributed by atoms with Gasteiger partial charge in [0.05, 0.1) is 11.5 Å². The molecule has 0 aliphatic carbocycles. The first-order chi connectivity index (χ1) is 10.5. The van der Waals surface area contributed by atoms with Crippen molar-refractivity contribution in [3.8, 4) is 0 Å². The Kier molecular flexibility index (Phi) is 6.13. The van der Waals surface area contributed by atoms with Crippen molar-refractivity contribution in [2.75, 3.05) is 0 Å². The summed E-state index contributed by atoms with van der Waals surface area (Å²) in [5.41, 5.74) is 1.23. The molecule has 1 N–H and O–H groups in total. The molecule has 2 rings (SSSR count). The van der Waals surface area contributed by atoms with Crippen molar-refractivity contribution in [2.45, 2.75) is 49.8 Å². The van der Waals surface area contributed by atoms with Crippen LogP contribution in [0.1, 0.15) is 31.6 Å². The molecule has 1 amide bonds. The summed E-state index contributed by atoms with van der Waals surface area (Å²) in [6.45, 7) is 6.04. The third kappa shape index (κ3) is 5.26. The Morgan fingerprint density at radius 1 is 1.23 bits per heavy atom. The van der Waals surface area contributed by atoms with Crippen molar-refractivity contribution >= 4 is 17.7 Å². The first-order valence-corrected chi connectivity index (χ1v) is 8.48. The van der Waals surface area contributed by atoms with Crippen LogP contribution in [0.4, 0.5) is 0 Å². The number of carbonyl (C=O) groups excluding carboxylic acids is 1. The standard InChI is InChI=1S/C18H23NO2S/c1-13-6-10-17(11-7-13)22-15(3)18(20)19-14(2)8-9-16-5-4-12-21-16/h4-7,10-12,14-15H,8-9H2,1-3H3,(H,19,20). The highest BCUT2D eigenvalue weighted by atomic mass is 32.2. The minimum absolute atomic E-state index is 0.0810. The van der Waals surface area contributed by atoms with Crippen molar-refractivity contribution in [1.29, 1.82) is 0 Å². The Hall–Kier alpha value is -1.68. The minimum Gasteiger partial charge on any atom is -0.469 e. The van der Waals surface area contributed by atoms with E-state index in [0.29, 0.717) is 0 Å². The lowest BCUT2D eigenvalue weighted by molar-refractivity contribution is -0.120. The zero-order valence-corrected chi connectivity index (χ0v) is 14.2. The van der Waals surface area contributed by atoms with Crippen LogP contribution >= 0.6 is 11.8 Å². The average Bonchev–Trinajstić information content (AvgIpc) is 3.01. The van der Waals surface area contributed by atoms with Crippen molar-refractivity contribution < 1.29 is 9.21 Å². The van der Waals surface area contributed by atoms with Crippen LogP contribution in [0, 0.1) is 6.92 Å². The quantitative estimate of drug-likeness (QED) is 0.778. The number of rotatable bonds is 7. The first-order valence-electron chi connectivity index (χ1n) is 7.60. The first kappa shape index (κ1) is 16.7. The highest BCUT2D eigenvalue weighted by Crippen LogP contribution is 2.23. The molecule has 0 radical (unpaired) electrons. The summed E-state index contributed by atoms with van der Waals surface area (Å²) in [6, 6.07) is 12.2. The van der Waals surface area contributed by atoms with Crippen LogP contribution in [-0.2, 0) is 11.2 Å². The lowest BCUT2D eigenvalue weighted by atomic mass is 10.1. The Balaban J connectivity index is 1.76. The molecule has 1 aromatic carbocycles. The van der Waals surface area contributed by atoms with E-state index in [0.717, 1.165) is 23.5 Å². The average molecular weight is 317 g/mol. The predicted molar refractivity (Wildman–Crippen MR) is 91.1 cm³/mol. The molecule has 22 heavy (non-hydrogen) atoms. The van der Waals surface area contributed by atoms with E-state index >= 15 is 0 Å². The number of amides is 1. The molecule has 0 bridgehead atoms. The lowest BCUT2D eigenvalue weighted by Crippen LogP contribution is -2.37. The normalized spacial score (nSPS) is 13.6. The van der Waals surface area contributed by atoms with Crippen molar-refractivity contribution in [3.63, 3.8) is 0 Å². The Morgan fingerprint density at radius 3 is 2.59 bits per heavy atom. The second-order valence-corrected chi connectivity index (χ2v) is 7.02. The van der Waals surface area contributed by atoms with Gasteiger partial charge in [-0.25, -0.2) is 0 Å². The summed E-state index contributed by atoms with van der Waals surface area (Å²) in [5, 5.41) is 2.97. The van der Waals surface area contributed by atoms with Crippen LogP contribution in [0.3, 0.4) is 0 Å². The summed E-state index contributed by atoms with van der Waals surface area (Å²) in [6.07, 6.45) is 3.40. The topological polar surface area (TPSA) is 42.2 Å². The maximum atomic E-state index is 12.2. The Morgan fingerprint density at radius 2 is 1.95 bits per heavy atom. The molecule has 0 saturated heterocycles. The van der Waals surface area contributed by atoms with E-state index in [4.69, 9.17) is 4.42 Å². The number of nitrogens with one attached hydrogen (secondary N) is 1. The molecule has 0 spiro atoms. The smallest absolute Gasteiger partial charge is 0.233 e. The van der Waals surface area contributed by atoms with Crippen LogP contribution in [-0.4, -0.2) is 17.2 Å². The number of benzene rings is 1. The maximum absolute atomic E-state index is 12.2. The number of thioether (sulfide) groups is 1. The molecule has 0 aliphatic rings. The van der Waals surface area contributed by atoms with E-state index in [1.165, 1.54) is 5.56 Å². The summed E-state index contributed by atoms with van der Waals surface area (Å²) >= 11 is 1.59. The van der Waals surface area contributed by atoms with Crippen LogP contribution < -0.4 is 5.32 Å². The number of hydrogen-bond acceptors (Lipinski definition) is 3. The maximum Gasteiger partial charge on any atom is 0.233 e. The highest BCUT2D eigenvalue weighted by molar-refractivity contribution is 8.00. The van der Waals surface area contributed by atoms with Gasteiger partial charge >= 0.3 is 0 Å². The third-order valence-electron chi connectivity index (χ3n) is 3.50. The SMILES string of the molecule is Cc1ccc(SC(C)C(=O)NC(C)CCc2ccco2)cc1. The van der Waals surface area contributed by atoms with Gasteiger partial charge in [-0.15, -0.1) is 11.8 Å². The fourth-order valence-electron chi connectivity index (χ4n) is 2.12. The third-order valence-corrected chi connectivity index (χ3v) is 4.61. The van der Waals surface area contributed by atoms with Crippen LogP contribution in [0.25, 0.3) is 0 Å². The fourth-order valence-corrected chi connectivity index (χ4v) is 3.00. The number of carbonyl (C=O) groups is 1. The van der Waals surface area contributed by atoms with Gasteiger partial charge in [0.1, 0.15) is 5.76 Å². The Bertz CT molecular complexity index is 578. The molecular formula is C18H23NO2S. The van der Waals surface area contributed by atoms with Crippen LogP contribution in [0.5, 0.6) is 0 Å². The van der Waals surface area contributed by atoms with E-state index in [1.807, 2.05) is 26.0 Å². The molecule has 0 aliphatic heterocycles. The minimum atomic E-state index is -0.103. The molecule has 1 aromatic heterocycles. The van der Waals surface area contributed by atoms with Crippen molar-refractivity contribution in [1.82, 2.24) is 5.32 Å². The van der Waals surface area contributed by atoms with Gasteiger partial charge in [0.15, 0.2) is 0 Å². The molecule has 4 heteroatoms. The van der Waals surface area contributed by atoms with Gasteiger partial charge in [-0.2, -0.15) is 0 Å². The summed E-state index contributed by atoms with van der Waals surface area (Å²) in [7, 11) is 0. The van der Waals surface area contributed by atoms with Crippen LogP contribution in [0.15, 0.2) is 52.0 Å². The van der Waals surface area contributed by atoms with Crippen molar-refractivity contribution in [2.24, 2.45) is 0 Å². The molecule has 3 nitrogen and oxygen atoms in total. The monoisotopic (exact) mass is 317 g/mol. The predicted octanol–water partition coefficient (Wildman–Crippen LogP) is 4.21. The molecule has 0 saturated carbocycles. The fraction of sp³-hybridized carbons (Fsp3) is 0.389. The van der Waals surface area contributed by atoms with Gasteiger partial charge in [0.2, 0.25) is 5.91 Å². The number of aryl methyl sites for hydroxylation is 2. The van der Waals surface area contributed by atoms with Gasteiger partial charge in [0, 0.05) is 17.4 Å². The van der Waals surface area contributed by atoms with Crippen LogP contribution in [0.2, 0.25) is 0 Å². The number of furan rings is 1. The Labute approximate surface area is 136 Å². The molecule has 2 atom stereocenters. The molecule has 118 valence electrons. The summed E-state index contributed by atoms with van der Waals surface area (Å²) in [5.74, 6) is 1.04. The molecule has 0 fully saturated rings. The molecular weight excluding hydrogens is 294 g/mol. The van der Waals surface area contributed by atoms with E-state index < -0.39 is 0 Å². The zero-order chi connectivity index (χ0) is 15.9. The number of hydrogen-bond donors (Lipinski definition) is 1. The van der Waals surface area contributed by atoms with E-state index in [9.17, 15) is 4.79 Å².